The first kappa shape index (κ1) is 22.9. The van der Waals surface area contributed by atoms with E-state index in [0.717, 1.165) is 6.42 Å². The maximum Gasteiger partial charge on any atom is 0.355 e. The second-order valence-electron chi connectivity index (χ2n) is 8.18. The highest BCUT2D eigenvalue weighted by Gasteiger charge is 2.53. The monoisotopic (exact) mass is 397 g/mol. The fourth-order valence-corrected chi connectivity index (χ4v) is 3.38. The number of aryl methyl sites for hydroxylation is 1. The van der Waals surface area contributed by atoms with Crippen molar-refractivity contribution in [3.05, 3.63) is 35.4 Å². The summed E-state index contributed by atoms with van der Waals surface area (Å²) in [5.41, 5.74) is 6.89. The summed E-state index contributed by atoms with van der Waals surface area (Å²) in [6, 6.07) is 9.87. The van der Waals surface area contributed by atoms with Crippen molar-refractivity contribution in [2.45, 2.75) is 90.4 Å². The lowest BCUT2D eigenvalue weighted by atomic mass is 10.0. The van der Waals surface area contributed by atoms with Gasteiger partial charge in [0.05, 0.1) is 6.07 Å². The topological polar surface area (TPSA) is 88.5 Å². The molecule has 0 spiro atoms. The molecule has 29 heavy (non-hydrogen) atoms. The van der Waals surface area contributed by atoms with Crippen LogP contribution in [-0.2, 0) is 16.1 Å². The number of benzene rings is 1. The molecule has 5 heteroatoms. The van der Waals surface area contributed by atoms with E-state index in [9.17, 15) is 4.79 Å². The van der Waals surface area contributed by atoms with Gasteiger partial charge in [0.15, 0.2) is 11.3 Å². The highest BCUT2D eigenvalue weighted by atomic mass is 16.7. The van der Waals surface area contributed by atoms with Gasteiger partial charge in [-0.2, -0.15) is 5.26 Å². The summed E-state index contributed by atoms with van der Waals surface area (Å²) in [6.45, 7) is 2.26. The average Bonchev–Trinajstić information content (AvgIpc) is 3.55. The fourth-order valence-electron chi connectivity index (χ4n) is 3.38. The zero-order valence-electron chi connectivity index (χ0n) is 17.8. The number of nitriles is 1. The second kappa shape index (κ2) is 12.3. The summed E-state index contributed by atoms with van der Waals surface area (Å²) in [5.74, 6) is -0.460. The van der Waals surface area contributed by atoms with Crippen LogP contribution >= 0.6 is 0 Å². The first-order valence-corrected chi connectivity index (χ1v) is 11.2. The third-order valence-corrected chi connectivity index (χ3v) is 5.65. The van der Waals surface area contributed by atoms with Crippen LogP contribution in [0.25, 0.3) is 0 Å². The number of oxime groups is 1. The minimum atomic E-state index is -0.997. The van der Waals surface area contributed by atoms with Crippen molar-refractivity contribution in [2.75, 3.05) is 0 Å². The van der Waals surface area contributed by atoms with Crippen molar-refractivity contribution in [1.29, 1.82) is 5.26 Å². The first-order chi connectivity index (χ1) is 14.1. The summed E-state index contributed by atoms with van der Waals surface area (Å²) in [7, 11) is 0. The molecular weight excluding hydrogens is 362 g/mol. The van der Waals surface area contributed by atoms with Crippen molar-refractivity contribution < 1.29 is 9.63 Å². The fraction of sp³-hybridized carbons (Fsp3) is 0.625. The molecule has 0 heterocycles. The SMILES string of the molecule is CCCCCCCCCCCCc1ccc(C(N)=NOC(=O)C2(C#N)CC2)cc1. The molecular formula is C24H35N3O2. The van der Waals surface area contributed by atoms with Gasteiger partial charge in [-0.3, -0.25) is 0 Å². The number of rotatable bonds is 14. The molecule has 0 aromatic heterocycles. The van der Waals surface area contributed by atoms with Gasteiger partial charge in [-0.05, 0) is 31.2 Å². The van der Waals surface area contributed by atoms with Crippen molar-refractivity contribution in [3.8, 4) is 6.07 Å². The van der Waals surface area contributed by atoms with E-state index >= 15 is 0 Å². The van der Waals surface area contributed by atoms with E-state index in [4.69, 9.17) is 15.8 Å². The smallest absolute Gasteiger partial charge is 0.355 e. The average molecular weight is 398 g/mol. The predicted molar refractivity (Wildman–Crippen MR) is 116 cm³/mol. The van der Waals surface area contributed by atoms with E-state index in [2.05, 4.69) is 12.1 Å². The van der Waals surface area contributed by atoms with Crippen LogP contribution in [0, 0.1) is 16.7 Å². The molecule has 2 rings (SSSR count). The zero-order valence-corrected chi connectivity index (χ0v) is 17.8. The molecule has 0 bridgehead atoms. The van der Waals surface area contributed by atoms with Gasteiger partial charge in [0, 0.05) is 5.56 Å². The molecule has 5 nitrogen and oxygen atoms in total. The Labute approximate surface area is 175 Å². The Morgan fingerprint density at radius 1 is 1.03 bits per heavy atom. The first-order valence-electron chi connectivity index (χ1n) is 11.2. The van der Waals surface area contributed by atoms with Crippen molar-refractivity contribution in [3.63, 3.8) is 0 Å². The van der Waals surface area contributed by atoms with E-state index in [-0.39, 0.29) is 5.84 Å². The van der Waals surface area contributed by atoms with Crippen LogP contribution in [-0.4, -0.2) is 11.8 Å². The minimum Gasteiger partial charge on any atom is -0.380 e. The molecule has 1 fully saturated rings. The van der Waals surface area contributed by atoms with Crippen LogP contribution in [0.5, 0.6) is 0 Å². The summed E-state index contributed by atoms with van der Waals surface area (Å²) in [6.07, 6.45) is 15.5. The maximum absolute atomic E-state index is 11.8. The molecule has 0 saturated heterocycles. The number of unbranched alkanes of at least 4 members (excludes halogenated alkanes) is 9. The Balaban J connectivity index is 1.61. The van der Waals surface area contributed by atoms with Crippen LogP contribution in [0.1, 0.15) is 95.1 Å². The van der Waals surface area contributed by atoms with E-state index < -0.39 is 11.4 Å². The molecule has 1 aliphatic rings. The molecule has 0 unspecified atom stereocenters. The van der Waals surface area contributed by atoms with Gasteiger partial charge in [0.25, 0.3) is 0 Å². The molecule has 0 atom stereocenters. The van der Waals surface area contributed by atoms with E-state index in [1.165, 1.54) is 69.8 Å². The maximum atomic E-state index is 11.8. The number of nitrogens with two attached hydrogens (primary N) is 1. The standard InChI is InChI=1S/C24H35N3O2/c1-2-3-4-5-6-7-8-9-10-11-12-20-13-15-21(16-14-20)22(26)27-29-23(28)24(19-25)17-18-24/h13-16H,2-12,17-18H2,1H3,(H2,26,27). The Bertz CT molecular complexity index is 700. The Kier molecular flexibility index (Phi) is 9.70. The van der Waals surface area contributed by atoms with Gasteiger partial charge in [-0.15, -0.1) is 0 Å². The van der Waals surface area contributed by atoms with Crippen molar-refractivity contribution in [1.82, 2.24) is 0 Å². The Hall–Kier alpha value is -2.35. The number of nitrogens with zero attached hydrogens (tertiary/aromatic N) is 2. The normalized spacial score (nSPS) is 15.0. The lowest BCUT2D eigenvalue weighted by molar-refractivity contribution is -0.147. The number of carbonyl (C=O) groups excluding carboxylic acids is 1. The Morgan fingerprint density at radius 3 is 2.10 bits per heavy atom. The highest BCUT2D eigenvalue weighted by molar-refractivity contribution is 5.97. The van der Waals surface area contributed by atoms with Crippen LogP contribution in [0.3, 0.4) is 0 Å². The van der Waals surface area contributed by atoms with Gasteiger partial charge in [-0.1, -0.05) is 94.1 Å². The van der Waals surface area contributed by atoms with Crippen molar-refractivity contribution >= 4 is 11.8 Å². The van der Waals surface area contributed by atoms with Gasteiger partial charge in [0.1, 0.15) is 0 Å². The summed E-state index contributed by atoms with van der Waals surface area (Å²) in [4.78, 5) is 16.7. The Morgan fingerprint density at radius 2 is 1.59 bits per heavy atom. The van der Waals surface area contributed by atoms with Gasteiger partial charge in [-0.25, -0.2) is 4.79 Å². The molecule has 1 aromatic rings. The minimum absolute atomic E-state index is 0.151. The van der Waals surface area contributed by atoms with E-state index in [1.54, 1.807) is 0 Å². The lowest BCUT2D eigenvalue weighted by Gasteiger charge is -2.05. The van der Waals surface area contributed by atoms with Gasteiger partial charge < -0.3 is 10.6 Å². The molecule has 0 aliphatic heterocycles. The molecule has 2 N–H and O–H groups in total. The zero-order chi connectivity index (χ0) is 21.0. The van der Waals surface area contributed by atoms with Crippen LogP contribution in [0.15, 0.2) is 29.4 Å². The number of hydrogen-bond donors (Lipinski definition) is 1. The summed E-state index contributed by atoms with van der Waals surface area (Å²) >= 11 is 0. The molecule has 1 saturated carbocycles. The quantitative estimate of drug-likeness (QED) is 0.145. The number of amidine groups is 1. The molecule has 158 valence electrons. The van der Waals surface area contributed by atoms with Crippen LogP contribution < -0.4 is 5.73 Å². The molecule has 1 aromatic carbocycles. The molecule has 0 amide bonds. The number of carbonyl (C=O) groups is 1. The van der Waals surface area contributed by atoms with E-state index in [0.29, 0.717) is 18.4 Å². The third-order valence-electron chi connectivity index (χ3n) is 5.65. The second-order valence-corrected chi connectivity index (χ2v) is 8.18. The summed E-state index contributed by atoms with van der Waals surface area (Å²) in [5, 5.41) is 12.7. The van der Waals surface area contributed by atoms with Crippen LogP contribution in [0.4, 0.5) is 0 Å². The highest BCUT2D eigenvalue weighted by Crippen LogP contribution is 2.46. The summed E-state index contributed by atoms with van der Waals surface area (Å²) < 4.78 is 0. The van der Waals surface area contributed by atoms with Crippen LogP contribution in [0.2, 0.25) is 0 Å². The lowest BCUT2D eigenvalue weighted by Crippen LogP contribution is -2.19. The largest absolute Gasteiger partial charge is 0.380 e. The number of hydrogen-bond acceptors (Lipinski definition) is 4. The molecule has 1 aliphatic carbocycles. The van der Waals surface area contributed by atoms with Gasteiger partial charge >= 0.3 is 5.97 Å². The molecule has 0 radical (unpaired) electrons. The van der Waals surface area contributed by atoms with Gasteiger partial charge in [0.2, 0.25) is 0 Å². The van der Waals surface area contributed by atoms with E-state index in [1.807, 2.05) is 30.3 Å². The third kappa shape index (κ3) is 7.89. The predicted octanol–water partition coefficient (Wildman–Crippen LogP) is 5.62. The van der Waals surface area contributed by atoms with Crippen molar-refractivity contribution in [2.24, 2.45) is 16.3 Å².